The monoisotopic (exact) mass is 479 g/mol. The van der Waals surface area contributed by atoms with E-state index >= 15 is 0 Å². The fourth-order valence-electron chi connectivity index (χ4n) is 3.56. The van der Waals surface area contributed by atoms with Crippen LogP contribution in [0.2, 0.25) is 0 Å². The molecule has 3 aromatic rings. The molecule has 174 valence electrons. The summed E-state index contributed by atoms with van der Waals surface area (Å²) in [5.41, 5.74) is 1.96. The summed E-state index contributed by atoms with van der Waals surface area (Å²) >= 11 is 1.21. The standard InChI is InChI=1S/C24H21N3O6S/c1-27(11-15-4-6-18-20(9-15)32-13-30-18)24(29)17-3-2-8-25-23(17)34-12-22(28)26-16-5-7-19-21(10-16)33-14-31-19/h2-10H,11-14H2,1H3,(H,26,28). The molecule has 5 rings (SSSR count). The number of nitrogens with one attached hydrogen (secondary N) is 1. The van der Waals surface area contributed by atoms with Crippen LogP contribution < -0.4 is 24.3 Å². The molecule has 0 saturated heterocycles. The number of carbonyl (C=O) groups excluding carboxylic acids is 2. The summed E-state index contributed by atoms with van der Waals surface area (Å²) < 4.78 is 21.4. The van der Waals surface area contributed by atoms with Crippen LogP contribution in [0, 0.1) is 0 Å². The van der Waals surface area contributed by atoms with Gasteiger partial charge in [0, 0.05) is 31.5 Å². The molecule has 1 N–H and O–H groups in total. The Morgan fingerprint density at radius 3 is 2.47 bits per heavy atom. The van der Waals surface area contributed by atoms with Crippen molar-refractivity contribution in [2.24, 2.45) is 0 Å². The fraction of sp³-hybridized carbons (Fsp3) is 0.208. The normalized spacial score (nSPS) is 13.0. The van der Waals surface area contributed by atoms with Gasteiger partial charge in [0.15, 0.2) is 23.0 Å². The van der Waals surface area contributed by atoms with E-state index in [1.807, 2.05) is 18.2 Å². The van der Waals surface area contributed by atoms with E-state index in [0.717, 1.165) is 5.56 Å². The number of ether oxygens (including phenoxy) is 4. The molecule has 9 nitrogen and oxygen atoms in total. The third kappa shape index (κ3) is 4.72. The second-order valence-electron chi connectivity index (χ2n) is 7.61. The van der Waals surface area contributed by atoms with Crippen LogP contribution in [0.1, 0.15) is 15.9 Å². The van der Waals surface area contributed by atoms with Gasteiger partial charge in [-0.25, -0.2) is 4.98 Å². The lowest BCUT2D eigenvalue weighted by Gasteiger charge is -2.19. The van der Waals surface area contributed by atoms with E-state index in [4.69, 9.17) is 18.9 Å². The number of hydrogen-bond acceptors (Lipinski definition) is 8. The minimum Gasteiger partial charge on any atom is -0.454 e. The van der Waals surface area contributed by atoms with Crippen molar-refractivity contribution < 1.29 is 28.5 Å². The van der Waals surface area contributed by atoms with Crippen LogP contribution >= 0.6 is 11.8 Å². The molecule has 0 aliphatic carbocycles. The van der Waals surface area contributed by atoms with Crippen LogP contribution in [-0.2, 0) is 11.3 Å². The first-order chi connectivity index (χ1) is 16.6. The fourth-order valence-corrected chi connectivity index (χ4v) is 4.35. The minimum absolute atomic E-state index is 0.0949. The maximum Gasteiger partial charge on any atom is 0.256 e. The average Bonchev–Trinajstić information content (AvgIpc) is 3.51. The van der Waals surface area contributed by atoms with Crippen LogP contribution in [0.3, 0.4) is 0 Å². The molecule has 2 aromatic carbocycles. The van der Waals surface area contributed by atoms with Crippen molar-refractivity contribution in [3.8, 4) is 23.0 Å². The molecule has 0 atom stereocenters. The molecular weight excluding hydrogens is 458 g/mol. The summed E-state index contributed by atoms with van der Waals surface area (Å²) in [4.78, 5) is 31.6. The van der Waals surface area contributed by atoms with E-state index in [0.29, 0.717) is 45.8 Å². The lowest BCUT2D eigenvalue weighted by Crippen LogP contribution is -2.27. The van der Waals surface area contributed by atoms with Crippen LogP contribution in [0.5, 0.6) is 23.0 Å². The van der Waals surface area contributed by atoms with Gasteiger partial charge in [-0.05, 0) is 42.0 Å². The smallest absolute Gasteiger partial charge is 0.256 e. The number of amides is 2. The highest BCUT2D eigenvalue weighted by Crippen LogP contribution is 2.35. The molecule has 0 radical (unpaired) electrons. The predicted octanol–water partition coefficient (Wildman–Crippen LogP) is 3.54. The average molecular weight is 480 g/mol. The highest BCUT2D eigenvalue weighted by molar-refractivity contribution is 8.00. The first-order valence-corrected chi connectivity index (χ1v) is 11.5. The molecule has 1 aromatic heterocycles. The Bertz CT molecular complexity index is 1250. The SMILES string of the molecule is CN(Cc1ccc2c(c1)OCO2)C(=O)c1cccnc1SCC(=O)Nc1ccc2c(c1)OCO2. The predicted molar refractivity (Wildman–Crippen MR) is 125 cm³/mol. The molecule has 2 amide bonds. The molecule has 0 saturated carbocycles. The third-order valence-corrected chi connectivity index (χ3v) is 6.21. The first kappa shape index (κ1) is 21.9. The number of rotatable bonds is 7. The Balaban J connectivity index is 1.21. The Kier molecular flexibility index (Phi) is 6.13. The second kappa shape index (κ2) is 9.52. The second-order valence-corrected chi connectivity index (χ2v) is 8.57. The van der Waals surface area contributed by atoms with Gasteiger partial charge in [0.25, 0.3) is 5.91 Å². The first-order valence-electron chi connectivity index (χ1n) is 10.5. The summed E-state index contributed by atoms with van der Waals surface area (Å²) in [7, 11) is 1.72. The Labute approximate surface area is 200 Å². The van der Waals surface area contributed by atoms with E-state index in [1.165, 1.54) is 11.8 Å². The maximum absolute atomic E-state index is 13.1. The van der Waals surface area contributed by atoms with Crippen LogP contribution in [-0.4, -0.2) is 48.1 Å². The van der Waals surface area contributed by atoms with Gasteiger partial charge in [0.2, 0.25) is 19.5 Å². The van der Waals surface area contributed by atoms with E-state index in [-0.39, 0.29) is 31.2 Å². The molecule has 10 heteroatoms. The van der Waals surface area contributed by atoms with Gasteiger partial charge < -0.3 is 29.2 Å². The molecular formula is C24H21N3O6S. The zero-order chi connectivity index (χ0) is 23.5. The van der Waals surface area contributed by atoms with E-state index in [9.17, 15) is 9.59 Å². The molecule has 0 unspecified atom stereocenters. The molecule has 34 heavy (non-hydrogen) atoms. The zero-order valence-electron chi connectivity index (χ0n) is 18.3. The summed E-state index contributed by atoms with van der Waals surface area (Å²) in [6.45, 7) is 0.757. The largest absolute Gasteiger partial charge is 0.454 e. The molecule has 0 bridgehead atoms. The highest BCUT2D eigenvalue weighted by atomic mass is 32.2. The number of hydrogen-bond donors (Lipinski definition) is 1. The van der Waals surface area contributed by atoms with Gasteiger partial charge in [0.1, 0.15) is 5.03 Å². The van der Waals surface area contributed by atoms with Crippen molar-refractivity contribution in [2.45, 2.75) is 11.6 Å². The summed E-state index contributed by atoms with van der Waals surface area (Å²) in [5, 5.41) is 3.32. The molecule has 3 heterocycles. The Morgan fingerprint density at radius 1 is 0.971 bits per heavy atom. The summed E-state index contributed by atoms with van der Waals surface area (Å²) in [6, 6.07) is 14.2. The number of benzene rings is 2. The lowest BCUT2D eigenvalue weighted by molar-refractivity contribution is -0.113. The topological polar surface area (TPSA) is 99.2 Å². The van der Waals surface area contributed by atoms with Gasteiger partial charge >= 0.3 is 0 Å². The van der Waals surface area contributed by atoms with Crippen molar-refractivity contribution in [3.05, 3.63) is 65.9 Å². The lowest BCUT2D eigenvalue weighted by atomic mass is 10.1. The molecule has 2 aliphatic heterocycles. The molecule has 2 aliphatic rings. The Morgan fingerprint density at radius 2 is 1.68 bits per heavy atom. The number of aromatic nitrogens is 1. The summed E-state index contributed by atoms with van der Waals surface area (Å²) in [5.74, 6) is 2.29. The van der Waals surface area contributed by atoms with Gasteiger partial charge in [-0.2, -0.15) is 0 Å². The number of fused-ring (bicyclic) bond motifs is 2. The molecule has 0 spiro atoms. The van der Waals surface area contributed by atoms with Crippen molar-refractivity contribution in [1.29, 1.82) is 0 Å². The van der Waals surface area contributed by atoms with Gasteiger partial charge in [-0.1, -0.05) is 17.8 Å². The van der Waals surface area contributed by atoms with Crippen LogP contribution in [0.15, 0.2) is 59.8 Å². The maximum atomic E-state index is 13.1. The number of anilines is 1. The molecule has 0 fully saturated rings. The van der Waals surface area contributed by atoms with Gasteiger partial charge in [0.05, 0.1) is 11.3 Å². The van der Waals surface area contributed by atoms with Crippen molar-refractivity contribution >= 4 is 29.3 Å². The number of nitrogens with zero attached hydrogens (tertiary/aromatic N) is 2. The highest BCUT2D eigenvalue weighted by Gasteiger charge is 2.20. The van der Waals surface area contributed by atoms with Crippen LogP contribution in [0.4, 0.5) is 5.69 Å². The number of pyridine rings is 1. The van der Waals surface area contributed by atoms with Crippen molar-refractivity contribution in [3.63, 3.8) is 0 Å². The van der Waals surface area contributed by atoms with Gasteiger partial charge in [-0.15, -0.1) is 0 Å². The number of thioether (sulfide) groups is 1. The van der Waals surface area contributed by atoms with Gasteiger partial charge in [-0.3, -0.25) is 9.59 Å². The van der Waals surface area contributed by atoms with Crippen molar-refractivity contribution in [1.82, 2.24) is 9.88 Å². The van der Waals surface area contributed by atoms with E-state index in [1.54, 1.807) is 48.5 Å². The quantitative estimate of drug-likeness (QED) is 0.514. The Hall–Kier alpha value is -3.92. The van der Waals surface area contributed by atoms with E-state index in [2.05, 4.69) is 10.3 Å². The third-order valence-electron chi connectivity index (χ3n) is 5.20. The minimum atomic E-state index is -0.221. The van der Waals surface area contributed by atoms with E-state index < -0.39 is 0 Å². The van der Waals surface area contributed by atoms with Crippen LogP contribution in [0.25, 0.3) is 0 Å². The number of carbonyl (C=O) groups is 2. The van der Waals surface area contributed by atoms with Crippen molar-refractivity contribution in [2.75, 3.05) is 31.7 Å². The zero-order valence-corrected chi connectivity index (χ0v) is 19.1. The summed E-state index contributed by atoms with van der Waals surface area (Å²) in [6.07, 6.45) is 1.60.